The normalized spacial score (nSPS) is 13.7. The minimum atomic E-state index is -1.63. The first-order valence-corrected chi connectivity index (χ1v) is 24.6. The van der Waals surface area contributed by atoms with Gasteiger partial charge in [-0.25, -0.2) is 4.79 Å². The van der Waals surface area contributed by atoms with Crippen LogP contribution in [0.2, 0.25) is 0 Å². The molecule has 0 aliphatic carbocycles. The number of carbonyl (C=O) groups excluding carboxylic acids is 1. The van der Waals surface area contributed by atoms with E-state index in [-0.39, 0.29) is 36.9 Å². The number of furan rings is 1. The highest BCUT2D eigenvalue weighted by atomic mass is 16.4. The van der Waals surface area contributed by atoms with Crippen LogP contribution in [0.3, 0.4) is 0 Å². The van der Waals surface area contributed by atoms with E-state index in [2.05, 4.69) is 27.7 Å². The van der Waals surface area contributed by atoms with E-state index in [9.17, 15) is 24.6 Å². The van der Waals surface area contributed by atoms with Gasteiger partial charge in [-0.05, 0) is 49.7 Å². The van der Waals surface area contributed by atoms with Crippen LogP contribution in [0.25, 0.3) is 0 Å². The highest BCUT2D eigenvalue weighted by Gasteiger charge is 2.49. The van der Waals surface area contributed by atoms with Gasteiger partial charge in [0, 0.05) is 13.0 Å². The van der Waals surface area contributed by atoms with Gasteiger partial charge in [0.1, 0.15) is 5.54 Å². The summed E-state index contributed by atoms with van der Waals surface area (Å²) >= 11 is 0. The monoisotopic (exact) mass is 802 g/mol. The van der Waals surface area contributed by atoms with E-state index in [4.69, 9.17) is 4.42 Å². The number of unbranched alkanes of at least 4 members (excludes halogenated alkanes) is 24. The van der Waals surface area contributed by atoms with Gasteiger partial charge in [-0.3, -0.25) is 9.59 Å². The lowest BCUT2D eigenvalue weighted by Crippen LogP contribution is -2.59. The maximum atomic E-state index is 14.7. The van der Waals surface area contributed by atoms with Crippen LogP contribution < -0.4 is 0 Å². The third kappa shape index (κ3) is 25.0. The van der Waals surface area contributed by atoms with Crippen molar-refractivity contribution in [3.63, 3.8) is 0 Å². The van der Waals surface area contributed by atoms with Crippen LogP contribution in [-0.4, -0.2) is 45.0 Å². The number of carboxylic acid groups (broad SMARTS) is 2. The number of hydrogen-bond acceptors (Lipinski definition) is 4. The summed E-state index contributed by atoms with van der Waals surface area (Å²) < 4.78 is 5.69. The summed E-state index contributed by atoms with van der Waals surface area (Å²) in [7, 11) is 0. The van der Waals surface area contributed by atoms with E-state index in [1.54, 1.807) is 17.0 Å². The molecule has 0 aliphatic rings. The zero-order valence-electron chi connectivity index (χ0n) is 37.8. The lowest BCUT2D eigenvalue weighted by molar-refractivity contribution is -0.153. The third-order valence-electron chi connectivity index (χ3n) is 12.6. The van der Waals surface area contributed by atoms with Crippen molar-refractivity contribution in [2.75, 3.05) is 6.54 Å². The molecule has 7 heteroatoms. The Balaban J connectivity index is 3.47. The fraction of sp³-hybridized carbons (Fsp3) is 0.860. The van der Waals surface area contributed by atoms with E-state index in [0.717, 1.165) is 77.0 Å². The molecule has 3 atom stereocenters. The van der Waals surface area contributed by atoms with Gasteiger partial charge in [0.25, 0.3) is 5.91 Å². The smallest absolute Gasteiger partial charge is 0.329 e. The average molecular weight is 802 g/mol. The number of hydrogen-bond donors (Lipinski definition) is 2. The average Bonchev–Trinajstić information content (AvgIpc) is 3.75. The molecule has 0 saturated heterocycles. The number of aliphatic carboxylic acids is 2. The number of carboxylic acids is 2. The molecule has 0 saturated carbocycles. The van der Waals surface area contributed by atoms with Crippen LogP contribution in [0, 0.1) is 11.8 Å². The zero-order valence-corrected chi connectivity index (χ0v) is 37.8. The van der Waals surface area contributed by atoms with Crippen molar-refractivity contribution in [2.45, 2.75) is 258 Å². The molecule has 1 aromatic heterocycles. The number of rotatable bonds is 42. The van der Waals surface area contributed by atoms with Crippen LogP contribution in [0.1, 0.15) is 263 Å². The lowest BCUT2D eigenvalue weighted by atomic mass is 9.77. The first-order chi connectivity index (χ1) is 27.7. The maximum absolute atomic E-state index is 14.7. The topological polar surface area (TPSA) is 108 Å². The van der Waals surface area contributed by atoms with Crippen molar-refractivity contribution in [3.8, 4) is 0 Å². The van der Waals surface area contributed by atoms with Crippen molar-refractivity contribution in [3.05, 3.63) is 24.2 Å². The molecule has 0 aromatic carbocycles. The van der Waals surface area contributed by atoms with Gasteiger partial charge in [-0.1, -0.05) is 220 Å². The molecule has 57 heavy (non-hydrogen) atoms. The summed E-state index contributed by atoms with van der Waals surface area (Å²) in [4.78, 5) is 42.5. The van der Waals surface area contributed by atoms with Crippen LogP contribution in [0.4, 0.5) is 0 Å². The molecule has 0 radical (unpaired) electrons. The summed E-state index contributed by atoms with van der Waals surface area (Å²) in [6.07, 6.45) is 38.6. The molecule has 332 valence electrons. The first kappa shape index (κ1) is 52.7. The van der Waals surface area contributed by atoms with Gasteiger partial charge in [-0.15, -0.1) is 0 Å². The number of nitrogens with zero attached hydrogens (tertiary/aromatic N) is 1. The van der Waals surface area contributed by atoms with Gasteiger partial charge < -0.3 is 19.5 Å². The van der Waals surface area contributed by atoms with Crippen LogP contribution in [0.15, 0.2) is 22.8 Å². The molecule has 2 unspecified atom stereocenters. The molecule has 2 N–H and O–H groups in total. The fourth-order valence-corrected chi connectivity index (χ4v) is 8.93. The van der Waals surface area contributed by atoms with E-state index in [1.807, 2.05) is 0 Å². The lowest BCUT2D eigenvalue weighted by Gasteiger charge is -2.44. The van der Waals surface area contributed by atoms with Crippen LogP contribution in [0.5, 0.6) is 0 Å². The maximum Gasteiger partial charge on any atom is 0.329 e. The second-order valence-corrected chi connectivity index (χ2v) is 17.7. The summed E-state index contributed by atoms with van der Waals surface area (Å²) in [6.45, 7) is 9.27. The Morgan fingerprint density at radius 3 is 1.26 bits per heavy atom. The summed E-state index contributed by atoms with van der Waals surface area (Å²) in [5.74, 6) is -2.14. The van der Waals surface area contributed by atoms with Gasteiger partial charge in [0.2, 0.25) is 0 Å². The largest absolute Gasteiger partial charge is 0.481 e. The van der Waals surface area contributed by atoms with E-state index >= 15 is 0 Å². The van der Waals surface area contributed by atoms with Crippen molar-refractivity contribution < 1.29 is 29.0 Å². The Bertz CT molecular complexity index is 1090. The molecule has 1 aromatic rings. The summed E-state index contributed by atoms with van der Waals surface area (Å²) in [5.41, 5.74) is -1.63. The number of carbonyl (C=O) groups is 3. The predicted octanol–water partition coefficient (Wildman–Crippen LogP) is 15.6. The fourth-order valence-electron chi connectivity index (χ4n) is 8.93. The highest BCUT2D eigenvalue weighted by Crippen LogP contribution is 2.38. The zero-order chi connectivity index (χ0) is 41.8. The van der Waals surface area contributed by atoms with E-state index in [1.165, 1.54) is 135 Å². The van der Waals surface area contributed by atoms with E-state index < -0.39 is 23.4 Å². The first-order valence-electron chi connectivity index (χ1n) is 24.6. The molecule has 0 bridgehead atoms. The Kier molecular flexibility index (Phi) is 32.9. The van der Waals surface area contributed by atoms with Crippen molar-refractivity contribution >= 4 is 17.8 Å². The molecule has 7 nitrogen and oxygen atoms in total. The second kappa shape index (κ2) is 35.6. The Hall–Kier alpha value is -2.31. The molecule has 1 rings (SSSR count). The minimum absolute atomic E-state index is 0.0952. The van der Waals surface area contributed by atoms with Gasteiger partial charge in [-0.2, -0.15) is 0 Å². The van der Waals surface area contributed by atoms with Crippen molar-refractivity contribution in [1.82, 2.24) is 4.90 Å². The summed E-state index contributed by atoms with van der Waals surface area (Å²) in [5, 5.41) is 21.4. The Morgan fingerprint density at radius 1 is 0.561 bits per heavy atom. The molecule has 0 aliphatic heterocycles. The Labute approximate surface area is 351 Å². The SMILES string of the molecule is CCCCCCCCCCC(CCCCCCCC)CN(C(=O)c1ccco1)[C@](CCC(=O)O)(CC(CCCCCCCC)CCCCCCCCCC)C(=O)O. The molecule has 0 spiro atoms. The quantitative estimate of drug-likeness (QED) is 0.0637. The molecule has 1 amide bonds. The molecule has 0 fully saturated rings. The number of amides is 1. The molecular weight excluding hydrogens is 711 g/mol. The predicted molar refractivity (Wildman–Crippen MR) is 239 cm³/mol. The van der Waals surface area contributed by atoms with Crippen molar-refractivity contribution in [2.24, 2.45) is 11.8 Å². The van der Waals surface area contributed by atoms with Crippen LogP contribution >= 0.6 is 0 Å². The van der Waals surface area contributed by atoms with Gasteiger partial charge >= 0.3 is 11.9 Å². The van der Waals surface area contributed by atoms with Crippen molar-refractivity contribution in [1.29, 1.82) is 0 Å². The minimum Gasteiger partial charge on any atom is -0.481 e. The van der Waals surface area contributed by atoms with E-state index in [0.29, 0.717) is 6.54 Å². The summed E-state index contributed by atoms with van der Waals surface area (Å²) in [6, 6.07) is 3.32. The van der Waals surface area contributed by atoms with Crippen LogP contribution in [-0.2, 0) is 9.59 Å². The second-order valence-electron chi connectivity index (χ2n) is 17.7. The highest BCUT2D eigenvalue weighted by molar-refractivity contribution is 5.96. The molecule has 1 heterocycles. The standard InChI is InChI=1S/C50H91NO6/c1-5-9-13-17-21-23-27-30-35-44(34-29-25-19-15-11-7-3)42-50(49(55)56,40-39-47(52)53)51(48(54)46-38-33-41-57-46)43-45(36-31-26-20-16-12-8-4)37-32-28-24-22-18-14-10-6-2/h33,38,41,44-45H,5-32,34-37,39-40,42-43H2,1-4H3,(H,52,53)(H,55,56)/t44?,45?,50-/m1/s1. The van der Waals surface area contributed by atoms with Gasteiger partial charge in [0.05, 0.1) is 6.26 Å². The van der Waals surface area contributed by atoms with Gasteiger partial charge in [0.15, 0.2) is 5.76 Å². The Morgan fingerprint density at radius 2 is 0.930 bits per heavy atom. The third-order valence-corrected chi connectivity index (χ3v) is 12.6. The molecular formula is C50H91NO6.